The predicted molar refractivity (Wildman–Crippen MR) is 63.0 cm³/mol. The molecule has 2 amide bonds. The minimum atomic E-state index is -0.324. The van der Waals surface area contributed by atoms with E-state index in [1.807, 2.05) is 0 Å². The van der Waals surface area contributed by atoms with Crippen molar-refractivity contribution >= 4 is 27.7 Å². The van der Waals surface area contributed by atoms with E-state index >= 15 is 0 Å². The maximum atomic E-state index is 11.6. The van der Waals surface area contributed by atoms with Crippen LogP contribution in [0.1, 0.15) is 10.4 Å². The molecule has 0 atom stereocenters. The van der Waals surface area contributed by atoms with Gasteiger partial charge in [0.2, 0.25) is 5.91 Å². The third-order valence-electron chi connectivity index (χ3n) is 1.90. The molecule has 0 aromatic carbocycles. The Bertz CT molecular complexity index is 407. The lowest BCUT2D eigenvalue weighted by Gasteiger charge is -2.11. The molecule has 1 heterocycles. The Kier molecular flexibility index (Phi) is 4.42. The highest BCUT2D eigenvalue weighted by molar-refractivity contribution is 9.10. The summed E-state index contributed by atoms with van der Waals surface area (Å²) in [4.78, 5) is 28.2. The summed E-state index contributed by atoms with van der Waals surface area (Å²) in [6, 6.07) is 3.29. The van der Waals surface area contributed by atoms with Crippen molar-refractivity contribution in [2.45, 2.75) is 0 Å². The van der Waals surface area contributed by atoms with E-state index in [9.17, 15) is 9.59 Å². The van der Waals surface area contributed by atoms with Gasteiger partial charge in [-0.05, 0) is 28.1 Å². The second-order valence-corrected chi connectivity index (χ2v) is 4.06. The number of nitrogens with one attached hydrogen (secondary N) is 1. The quantitative estimate of drug-likeness (QED) is 0.830. The minimum absolute atomic E-state index is 0.0207. The van der Waals surface area contributed by atoms with Gasteiger partial charge in [-0.25, -0.2) is 4.98 Å². The fraction of sp³-hybridized carbons (Fsp3) is 0.300. The van der Waals surface area contributed by atoms with Crippen molar-refractivity contribution < 1.29 is 9.59 Å². The standard InChI is InChI=1S/C10H12BrN3O2/c1-14(2)8(15)6-13-10(16)7-4-3-5-12-9(7)11/h3-5H,6H2,1-2H3,(H,13,16). The molecule has 0 saturated carbocycles. The molecule has 1 N–H and O–H groups in total. The molecule has 16 heavy (non-hydrogen) atoms. The van der Waals surface area contributed by atoms with Gasteiger partial charge in [0.05, 0.1) is 12.1 Å². The highest BCUT2D eigenvalue weighted by atomic mass is 79.9. The summed E-state index contributed by atoms with van der Waals surface area (Å²) < 4.78 is 0.463. The van der Waals surface area contributed by atoms with Crippen molar-refractivity contribution in [3.63, 3.8) is 0 Å². The maximum Gasteiger partial charge on any atom is 0.254 e. The van der Waals surface area contributed by atoms with Crippen LogP contribution in [0.15, 0.2) is 22.9 Å². The van der Waals surface area contributed by atoms with E-state index in [4.69, 9.17) is 0 Å². The molecule has 86 valence electrons. The average molecular weight is 286 g/mol. The van der Waals surface area contributed by atoms with Gasteiger partial charge in [-0.3, -0.25) is 9.59 Å². The maximum absolute atomic E-state index is 11.6. The Labute approximate surface area is 102 Å². The number of halogens is 1. The zero-order valence-electron chi connectivity index (χ0n) is 9.03. The van der Waals surface area contributed by atoms with Crippen LogP contribution in [0.2, 0.25) is 0 Å². The van der Waals surface area contributed by atoms with Crippen LogP contribution in [0.25, 0.3) is 0 Å². The van der Waals surface area contributed by atoms with Gasteiger partial charge in [0.1, 0.15) is 4.60 Å². The molecular formula is C10H12BrN3O2. The third-order valence-corrected chi connectivity index (χ3v) is 2.53. The van der Waals surface area contributed by atoms with Crippen LogP contribution in [0, 0.1) is 0 Å². The molecule has 0 unspecified atom stereocenters. The molecule has 5 nitrogen and oxygen atoms in total. The van der Waals surface area contributed by atoms with Gasteiger partial charge in [-0.15, -0.1) is 0 Å². The van der Waals surface area contributed by atoms with E-state index in [0.717, 1.165) is 0 Å². The summed E-state index contributed by atoms with van der Waals surface area (Å²) in [5.41, 5.74) is 0.411. The van der Waals surface area contributed by atoms with Gasteiger partial charge in [0.15, 0.2) is 0 Å². The summed E-state index contributed by atoms with van der Waals surface area (Å²) in [5.74, 6) is -0.483. The number of amides is 2. The van der Waals surface area contributed by atoms with Crippen LogP contribution in [-0.4, -0.2) is 42.3 Å². The molecule has 0 fully saturated rings. The molecular weight excluding hydrogens is 274 g/mol. The lowest BCUT2D eigenvalue weighted by Crippen LogP contribution is -2.36. The number of nitrogens with zero attached hydrogens (tertiary/aromatic N) is 2. The summed E-state index contributed by atoms with van der Waals surface area (Å²) in [6.45, 7) is -0.0207. The Morgan fingerprint density at radius 2 is 2.19 bits per heavy atom. The van der Waals surface area contributed by atoms with Crippen LogP contribution in [0.3, 0.4) is 0 Å². The molecule has 1 aromatic heterocycles. The Morgan fingerprint density at radius 3 is 2.75 bits per heavy atom. The summed E-state index contributed by atoms with van der Waals surface area (Å²) in [6.07, 6.45) is 1.58. The molecule has 0 spiro atoms. The lowest BCUT2D eigenvalue weighted by molar-refractivity contribution is -0.127. The number of hydrogen-bond acceptors (Lipinski definition) is 3. The number of carbonyl (C=O) groups excluding carboxylic acids is 2. The highest BCUT2D eigenvalue weighted by Gasteiger charge is 2.11. The van der Waals surface area contributed by atoms with Gasteiger partial charge in [0.25, 0.3) is 5.91 Å². The van der Waals surface area contributed by atoms with Gasteiger partial charge >= 0.3 is 0 Å². The Hall–Kier alpha value is -1.43. The van der Waals surface area contributed by atoms with Crippen molar-refractivity contribution in [2.24, 2.45) is 0 Å². The molecule has 0 aliphatic heterocycles. The van der Waals surface area contributed by atoms with Crippen molar-refractivity contribution in [1.82, 2.24) is 15.2 Å². The number of rotatable bonds is 3. The van der Waals surface area contributed by atoms with Crippen LogP contribution < -0.4 is 5.32 Å². The Morgan fingerprint density at radius 1 is 1.50 bits per heavy atom. The number of hydrogen-bond donors (Lipinski definition) is 1. The van der Waals surface area contributed by atoms with Crippen molar-refractivity contribution in [3.05, 3.63) is 28.5 Å². The summed E-state index contributed by atoms with van der Waals surface area (Å²) in [5, 5.41) is 2.52. The van der Waals surface area contributed by atoms with E-state index in [-0.39, 0.29) is 18.4 Å². The number of likely N-dealkylation sites (N-methyl/N-ethyl adjacent to an activating group) is 1. The summed E-state index contributed by atoms with van der Waals surface area (Å²) in [7, 11) is 3.27. The van der Waals surface area contributed by atoms with E-state index < -0.39 is 0 Å². The second-order valence-electron chi connectivity index (χ2n) is 3.31. The predicted octanol–water partition coefficient (Wildman–Crippen LogP) is 0.662. The van der Waals surface area contributed by atoms with Crippen LogP contribution in [0.5, 0.6) is 0 Å². The van der Waals surface area contributed by atoms with Crippen LogP contribution >= 0.6 is 15.9 Å². The van der Waals surface area contributed by atoms with E-state index in [2.05, 4.69) is 26.2 Å². The Balaban J connectivity index is 2.60. The first-order valence-electron chi connectivity index (χ1n) is 4.61. The summed E-state index contributed by atoms with van der Waals surface area (Å²) >= 11 is 3.17. The van der Waals surface area contributed by atoms with Gasteiger partial charge in [-0.1, -0.05) is 0 Å². The molecule has 0 aliphatic rings. The molecule has 0 saturated heterocycles. The fourth-order valence-electron chi connectivity index (χ4n) is 0.965. The molecule has 1 rings (SSSR count). The zero-order chi connectivity index (χ0) is 12.1. The highest BCUT2D eigenvalue weighted by Crippen LogP contribution is 2.11. The van der Waals surface area contributed by atoms with Crippen LogP contribution in [0.4, 0.5) is 0 Å². The molecule has 1 aromatic rings. The molecule has 6 heteroatoms. The van der Waals surface area contributed by atoms with Gasteiger partial charge in [-0.2, -0.15) is 0 Å². The minimum Gasteiger partial charge on any atom is -0.347 e. The number of carbonyl (C=O) groups is 2. The van der Waals surface area contributed by atoms with E-state index in [1.165, 1.54) is 4.90 Å². The first-order valence-corrected chi connectivity index (χ1v) is 5.40. The average Bonchev–Trinajstić information content (AvgIpc) is 2.25. The van der Waals surface area contributed by atoms with Crippen LogP contribution in [-0.2, 0) is 4.79 Å². The SMILES string of the molecule is CN(C)C(=O)CNC(=O)c1cccnc1Br. The van der Waals surface area contributed by atoms with Crippen molar-refractivity contribution in [1.29, 1.82) is 0 Å². The number of pyridine rings is 1. The van der Waals surface area contributed by atoms with Crippen molar-refractivity contribution in [3.8, 4) is 0 Å². The van der Waals surface area contributed by atoms with E-state index in [0.29, 0.717) is 10.2 Å². The smallest absolute Gasteiger partial charge is 0.254 e. The normalized spacial score (nSPS) is 9.69. The lowest BCUT2D eigenvalue weighted by atomic mass is 10.3. The fourth-order valence-corrected chi connectivity index (χ4v) is 1.40. The zero-order valence-corrected chi connectivity index (χ0v) is 10.6. The first-order chi connectivity index (χ1) is 7.52. The topological polar surface area (TPSA) is 62.3 Å². The monoisotopic (exact) mass is 285 g/mol. The molecule has 0 aliphatic carbocycles. The third kappa shape index (κ3) is 3.30. The molecule has 0 radical (unpaired) electrons. The van der Waals surface area contributed by atoms with Crippen molar-refractivity contribution in [2.75, 3.05) is 20.6 Å². The van der Waals surface area contributed by atoms with Gasteiger partial charge < -0.3 is 10.2 Å². The largest absolute Gasteiger partial charge is 0.347 e. The second kappa shape index (κ2) is 5.60. The first kappa shape index (κ1) is 12.6. The molecule has 0 bridgehead atoms. The van der Waals surface area contributed by atoms with Gasteiger partial charge in [0, 0.05) is 20.3 Å². The van der Waals surface area contributed by atoms with E-state index in [1.54, 1.807) is 32.4 Å². The number of aromatic nitrogens is 1.